The van der Waals surface area contributed by atoms with Gasteiger partial charge >= 0.3 is 0 Å². The lowest BCUT2D eigenvalue weighted by atomic mass is 10.1. The molecule has 1 aliphatic heterocycles. The number of hydrogen-bond acceptors (Lipinski definition) is 2. The Morgan fingerprint density at radius 2 is 2.17 bits per heavy atom. The molecule has 3 heteroatoms. The average Bonchev–Trinajstić information content (AvgIpc) is 2.44. The van der Waals surface area contributed by atoms with Crippen LogP contribution in [0.15, 0.2) is 24.3 Å². The van der Waals surface area contributed by atoms with Crippen molar-refractivity contribution in [3.63, 3.8) is 0 Å². The summed E-state index contributed by atoms with van der Waals surface area (Å²) in [6.45, 7) is 0. The molecule has 1 atom stereocenters. The van der Waals surface area contributed by atoms with Gasteiger partial charge in [-0.15, -0.1) is 0 Å². The molecule has 1 aliphatic rings. The highest BCUT2D eigenvalue weighted by Gasteiger charge is 2.27. The number of fused-ring (bicyclic) bond motifs is 1. The molecule has 0 radical (unpaired) electrons. The first-order valence-electron chi connectivity index (χ1n) is 3.75. The second-order valence-electron chi connectivity index (χ2n) is 2.68. The molecule has 0 spiro atoms. The molecule has 1 aromatic rings. The van der Waals surface area contributed by atoms with Crippen LogP contribution in [0.1, 0.15) is 22.1 Å². The first-order valence-corrected chi connectivity index (χ1v) is 3.75. The monoisotopic (exact) mass is 163 g/mol. The smallest absolute Gasteiger partial charge is 0.253 e. The van der Waals surface area contributed by atoms with Crippen molar-refractivity contribution in [1.29, 1.82) is 0 Å². The number of nitrogens with one attached hydrogen (secondary N) is 1. The van der Waals surface area contributed by atoms with Gasteiger partial charge in [0.05, 0.1) is 0 Å². The Morgan fingerprint density at radius 3 is 2.92 bits per heavy atom. The van der Waals surface area contributed by atoms with Crippen LogP contribution in [0.3, 0.4) is 0 Å². The summed E-state index contributed by atoms with van der Waals surface area (Å²) >= 11 is 0. The highest BCUT2D eigenvalue weighted by atomic mass is 16.5. The van der Waals surface area contributed by atoms with Crippen molar-refractivity contribution in [3.8, 4) is 0 Å². The first-order chi connectivity index (χ1) is 5.83. The van der Waals surface area contributed by atoms with E-state index in [-0.39, 0.29) is 12.1 Å². The van der Waals surface area contributed by atoms with Crippen molar-refractivity contribution in [2.45, 2.75) is 6.23 Å². The Labute approximate surface area is 70.3 Å². The van der Waals surface area contributed by atoms with Gasteiger partial charge in [-0.3, -0.25) is 4.79 Å². The van der Waals surface area contributed by atoms with E-state index in [9.17, 15) is 4.79 Å². The lowest BCUT2D eigenvalue weighted by Gasteiger charge is -2.07. The van der Waals surface area contributed by atoms with Crippen LogP contribution in [0.4, 0.5) is 0 Å². The molecule has 3 nitrogen and oxygen atoms in total. The summed E-state index contributed by atoms with van der Waals surface area (Å²) in [6, 6.07) is 7.42. The number of hydrogen-bond donors (Lipinski definition) is 1. The first kappa shape index (κ1) is 7.31. The third-order valence-corrected chi connectivity index (χ3v) is 1.99. The molecule has 1 heterocycles. The molecule has 0 saturated heterocycles. The van der Waals surface area contributed by atoms with Crippen LogP contribution in [0.5, 0.6) is 0 Å². The highest BCUT2D eigenvalue weighted by molar-refractivity contribution is 5.98. The predicted octanol–water partition coefficient (Wildman–Crippen LogP) is 1.08. The van der Waals surface area contributed by atoms with E-state index in [0.29, 0.717) is 5.56 Å². The highest BCUT2D eigenvalue weighted by Crippen LogP contribution is 2.24. The lowest BCUT2D eigenvalue weighted by Crippen LogP contribution is -2.19. The lowest BCUT2D eigenvalue weighted by molar-refractivity contribution is 0.0666. The van der Waals surface area contributed by atoms with Crippen LogP contribution in [-0.2, 0) is 4.74 Å². The number of rotatable bonds is 1. The fourth-order valence-corrected chi connectivity index (χ4v) is 1.39. The summed E-state index contributed by atoms with van der Waals surface area (Å²) in [7, 11) is 1.58. The molecule has 1 amide bonds. The Balaban J connectivity index is 2.50. The summed E-state index contributed by atoms with van der Waals surface area (Å²) in [5, 5.41) is 2.71. The predicted molar refractivity (Wildman–Crippen MR) is 43.7 cm³/mol. The van der Waals surface area contributed by atoms with Crippen LogP contribution in [0, 0.1) is 0 Å². The number of carbonyl (C=O) groups excluding carboxylic acids is 1. The second kappa shape index (κ2) is 2.60. The van der Waals surface area contributed by atoms with Crippen molar-refractivity contribution in [1.82, 2.24) is 5.32 Å². The van der Waals surface area contributed by atoms with E-state index >= 15 is 0 Å². The van der Waals surface area contributed by atoms with Gasteiger partial charge < -0.3 is 10.1 Å². The second-order valence-corrected chi connectivity index (χ2v) is 2.68. The minimum atomic E-state index is -0.270. The number of benzene rings is 1. The molecular formula is C9H9NO2. The van der Waals surface area contributed by atoms with Crippen molar-refractivity contribution >= 4 is 5.91 Å². The zero-order valence-corrected chi connectivity index (χ0v) is 6.70. The molecule has 0 fully saturated rings. The van der Waals surface area contributed by atoms with E-state index in [2.05, 4.69) is 5.32 Å². The Morgan fingerprint density at radius 1 is 1.42 bits per heavy atom. The Hall–Kier alpha value is -1.35. The van der Waals surface area contributed by atoms with E-state index in [1.807, 2.05) is 18.2 Å². The zero-order chi connectivity index (χ0) is 8.55. The Bertz CT molecular complexity index is 322. The van der Waals surface area contributed by atoms with Crippen molar-refractivity contribution in [3.05, 3.63) is 35.4 Å². The maximum Gasteiger partial charge on any atom is 0.253 e. The number of methoxy groups -OCH3 is 1. The molecule has 2 rings (SSSR count). The van der Waals surface area contributed by atoms with Crippen LogP contribution < -0.4 is 5.32 Å². The van der Waals surface area contributed by atoms with Crippen molar-refractivity contribution < 1.29 is 9.53 Å². The van der Waals surface area contributed by atoms with E-state index in [0.717, 1.165) is 5.56 Å². The minimum absolute atomic E-state index is 0.0579. The fraction of sp³-hybridized carbons (Fsp3) is 0.222. The summed E-state index contributed by atoms with van der Waals surface area (Å²) < 4.78 is 5.08. The van der Waals surface area contributed by atoms with E-state index in [1.165, 1.54) is 0 Å². The molecule has 12 heavy (non-hydrogen) atoms. The third kappa shape index (κ3) is 0.905. The fourth-order valence-electron chi connectivity index (χ4n) is 1.39. The quantitative estimate of drug-likeness (QED) is 0.672. The van der Waals surface area contributed by atoms with Gasteiger partial charge in [0.25, 0.3) is 5.91 Å². The van der Waals surface area contributed by atoms with Crippen LogP contribution in [0.25, 0.3) is 0 Å². The molecule has 0 aromatic heterocycles. The molecule has 1 unspecified atom stereocenters. The van der Waals surface area contributed by atoms with Crippen LogP contribution >= 0.6 is 0 Å². The molecule has 0 saturated carbocycles. The normalized spacial score (nSPS) is 20.4. The standard InChI is InChI=1S/C9H9NO2/c1-12-9-7-5-3-2-4-6(7)8(11)10-9/h2-5,9H,1H3,(H,10,11). The van der Waals surface area contributed by atoms with Gasteiger partial charge in [0.1, 0.15) is 0 Å². The summed E-state index contributed by atoms with van der Waals surface area (Å²) in [5.74, 6) is -0.0579. The van der Waals surface area contributed by atoms with Gasteiger partial charge in [-0.2, -0.15) is 0 Å². The van der Waals surface area contributed by atoms with Crippen molar-refractivity contribution in [2.75, 3.05) is 7.11 Å². The summed E-state index contributed by atoms with van der Waals surface area (Å²) in [4.78, 5) is 11.2. The van der Waals surface area contributed by atoms with E-state index in [4.69, 9.17) is 4.74 Å². The van der Waals surface area contributed by atoms with E-state index < -0.39 is 0 Å². The molecule has 1 N–H and O–H groups in total. The van der Waals surface area contributed by atoms with Gasteiger partial charge in [0.15, 0.2) is 6.23 Å². The molecular weight excluding hydrogens is 154 g/mol. The molecule has 1 aromatic carbocycles. The van der Waals surface area contributed by atoms with Gasteiger partial charge in [0, 0.05) is 18.2 Å². The maximum atomic E-state index is 11.2. The number of carbonyl (C=O) groups is 1. The largest absolute Gasteiger partial charge is 0.357 e. The van der Waals surface area contributed by atoms with Gasteiger partial charge in [-0.1, -0.05) is 18.2 Å². The Kier molecular flexibility index (Phi) is 1.59. The minimum Gasteiger partial charge on any atom is -0.357 e. The van der Waals surface area contributed by atoms with Crippen molar-refractivity contribution in [2.24, 2.45) is 0 Å². The summed E-state index contributed by atoms with van der Waals surface area (Å²) in [6.07, 6.45) is -0.270. The average molecular weight is 163 g/mol. The molecule has 0 aliphatic carbocycles. The van der Waals surface area contributed by atoms with Gasteiger partial charge in [0.2, 0.25) is 0 Å². The molecule has 0 bridgehead atoms. The molecule has 62 valence electrons. The SMILES string of the molecule is COC1NC(=O)c2ccccc21. The summed E-state index contributed by atoms with van der Waals surface area (Å²) in [5.41, 5.74) is 1.63. The van der Waals surface area contributed by atoms with E-state index in [1.54, 1.807) is 13.2 Å². The maximum absolute atomic E-state index is 11.2. The number of ether oxygens (including phenoxy) is 1. The topological polar surface area (TPSA) is 38.3 Å². The van der Waals surface area contributed by atoms with Crippen LogP contribution in [0.2, 0.25) is 0 Å². The van der Waals surface area contributed by atoms with Gasteiger partial charge in [-0.25, -0.2) is 0 Å². The van der Waals surface area contributed by atoms with Crippen LogP contribution in [-0.4, -0.2) is 13.0 Å². The van der Waals surface area contributed by atoms with Gasteiger partial charge in [-0.05, 0) is 6.07 Å². The number of amides is 1. The zero-order valence-electron chi connectivity index (χ0n) is 6.70. The third-order valence-electron chi connectivity index (χ3n) is 1.99.